The van der Waals surface area contributed by atoms with Crippen LogP contribution in [0.2, 0.25) is 0 Å². The number of para-hydroxylation sites is 1. The minimum Gasteiger partial charge on any atom is -0.457 e. The fraction of sp³-hybridized carbons (Fsp3) is 0.421. The third-order valence-corrected chi connectivity index (χ3v) is 4.15. The van der Waals surface area contributed by atoms with Crippen LogP contribution >= 0.6 is 0 Å². The maximum atomic E-state index is 12.0. The quantitative estimate of drug-likeness (QED) is 0.780. The van der Waals surface area contributed by atoms with E-state index in [2.05, 4.69) is 10.2 Å². The molecule has 1 aromatic heterocycles. The van der Waals surface area contributed by atoms with Crippen molar-refractivity contribution in [3.05, 3.63) is 42.2 Å². The first-order chi connectivity index (χ1) is 12.0. The summed E-state index contributed by atoms with van der Waals surface area (Å²) in [5, 5.41) is 14.2. The van der Waals surface area contributed by atoms with Crippen molar-refractivity contribution in [1.82, 2.24) is 10.2 Å². The van der Waals surface area contributed by atoms with Crippen LogP contribution in [-0.2, 0) is 9.53 Å². The average Bonchev–Trinajstić information content (AvgIpc) is 3.02. The predicted molar refractivity (Wildman–Crippen MR) is 96.1 cm³/mol. The molecular weight excluding hydrogens is 320 g/mol. The molecule has 0 aliphatic carbocycles. The highest BCUT2D eigenvalue weighted by atomic mass is 16.5. The van der Waals surface area contributed by atoms with Gasteiger partial charge in [0.1, 0.15) is 11.3 Å². The van der Waals surface area contributed by atoms with Gasteiger partial charge in [-0.2, -0.15) is 0 Å². The van der Waals surface area contributed by atoms with Crippen LogP contribution in [0.3, 0.4) is 0 Å². The number of β-amino-alcohol motifs (C(OH)–C–C–N with tert-alkyl or cyclic N) is 1. The molecule has 2 aromatic rings. The molecule has 1 aliphatic heterocycles. The van der Waals surface area contributed by atoms with E-state index in [0.29, 0.717) is 25.5 Å². The first kappa shape index (κ1) is 17.7. The monoisotopic (exact) mass is 344 g/mol. The standard InChI is InChI=1S/C19H24N2O4/c1-19(23,14-21-8-10-24-11-9-21)13-20-18(22)7-6-16-12-15-4-2-3-5-17(15)25-16/h2-7,12,23H,8-11,13-14H2,1H3,(H,20,22). The van der Waals surface area contributed by atoms with Gasteiger partial charge < -0.3 is 19.6 Å². The molecule has 25 heavy (non-hydrogen) atoms. The van der Waals surface area contributed by atoms with E-state index in [1.807, 2.05) is 30.3 Å². The van der Waals surface area contributed by atoms with Gasteiger partial charge in [0.2, 0.25) is 5.91 Å². The summed E-state index contributed by atoms with van der Waals surface area (Å²) in [7, 11) is 0. The summed E-state index contributed by atoms with van der Waals surface area (Å²) in [5.41, 5.74) is -0.198. The van der Waals surface area contributed by atoms with E-state index < -0.39 is 5.60 Å². The summed E-state index contributed by atoms with van der Waals surface area (Å²) in [4.78, 5) is 14.1. The van der Waals surface area contributed by atoms with Crippen LogP contribution in [0.1, 0.15) is 12.7 Å². The van der Waals surface area contributed by atoms with Crippen molar-refractivity contribution in [2.24, 2.45) is 0 Å². The molecule has 0 bridgehead atoms. The lowest BCUT2D eigenvalue weighted by Gasteiger charge is -2.33. The highest BCUT2D eigenvalue weighted by molar-refractivity contribution is 5.92. The van der Waals surface area contributed by atoms with Gasteiger partial charge in [-0.1, -0.05) is 18.2 Å². The predicted octanol–water partition coefficient (Wildman–Crippen LogP) is 1.65. The van der Waals surface area contributed by atoms with Gasteiger partial charge in [-0.3, -0.25) is 9.69 Å². The van der Waals surface area contributed by atoms with Gasteiger partial charge in [0, 0.05) is 37.6 Å². The zero-order valence-electron chi connectivity index (χ0n) is 14.4. The molecular formula is C19H24N2O4. The van der Waals surface area contributed by atoms with Crippen LogP contribution in [0.4, 0.5) is 0 Å². The molecule has 1 aliphatic rings. The molecule has 0 saturated carbocycles. The molecule has 1 fully saturated rings. The first-order valence-corrected chi connectivity index (χ1v) is 8.49. The minimum absolute atomic E-state index is 0.188. The first-order valence-electron chi connectivity index (χ1n) is 8.49. The Morgan fingerprint density at radius 2 is 2.12 bits per heavy atom. The second kappa shape index (κ2) is 7.82. The van der Waals surface area contributed by atoms with Crippen molar-refractivity contribution in [1.29, 1.82) is 0 Å². The number of rotatable bonds is 6. The van der Waals surface area contributed by atoms with E-state index in [1.165, 1.54) is 6.08 Å². The highest BCUT2D eigenvalue weighted by Gasteiger charge is 2.25. The molecule has 1 aromatic carbocycles. The Hall–Kier alpha value is -2.15. The number of ether oxygens (including phenoxy) is 1. The van der Waals surface area contributed by atoms with Crippen LogP contribution < -0.4 is 5.32 Å². The Morgan fingerprint density at radius 1 is 1.36 bits per heavy atom. The average molecular weight is 344 g/mol. The molecule has 1 unspecified atom stereocenters. The van der Waals surface area contributed by atoms with Gasteiger partial charge in [0.05, 0.1) is 18.8 Å². The van der Waals surface area contributed by atoms with Gasteiger partial charge in [0.15, 0.2) is 0 Å². The Morgan fingerprint density at radius 3 is 2.88 bits per heavy atom. The van der Waals surface area contributed by atoms with E-state index in [-0.39, 0.29) is 12.5 Å². The second-order valence-corrected chi connectivity index (χ2v) is 6.62. The Kier molecular flexibility index (Phi) is 5.53. The number of fused-ring (bicyclic) bond motifs is 1. The van der Waals surface area contributed by atoms with E-state index >= 15 is 0 Å². The largest absolute Gasteiger partial charge is 0.457 e. The second-order valence-electron chi connectivity index (χ2n) is 6.62. The van der Waals surface area contributed by atoms with Crippen LogP contribution in [0, 0.1) is 0 Å². The van der Waals surface area contributed by atoms with Gasteiger partial charge in [-0.25, -0.2) is 0 Å². The van der Waals surface area contributed by atoms with Crippen molar-refractivity contribution < 1.29 is 19.1 Å². The lowest BCUT2D eigenvalue weighted by Crippen LogP contribution is -2.51. The number of nitrogens with one attached hydrogen (secondary N) is 1. The normalized spacial score (nSPS) is 18.5. The molecule has 2 N–H and O–H groups in total. The number of hydrogen-bond acceptors (Lipinski definition) is 5. The van der Waals surface area contributed by atoms with Crippen molar-refractivity contribution >= 4 is 23.0 Å². The molecule has 0 spiro atoms. The summed E-state index contributed by atoms with van der Waals surface area (Å²) in [6.45, 7) is 5.39. The van der Waals surface area contributed by atoms with Crippen molar-refractivity contribution in [2.75, 3.05) is 39.4 Å². The van der Waals surface area contributed by atoms with Gasteiger partial charge in [0.25, 0.3) is 0 Å². The molecule has 1 amide bonds. The summed E-state index contributed by atoms with van der Waals surface area (Å²) in [6.07, 6.45) is 3.05. The number of carbonyl (C=O) groups is 1. The van der Waals surface area contributed by atoms with Crippen molar-refractivity contribution in [3.8, 4) is 0 Å². The number of benzene rings is 1. The number of carbonyl (C=O) groups excluding carboxylic acids is 1. The van der Waals surface area contributed by atoms with E-state index in [1.54, 1.807) is 13.0 Å². The lowest BCUT2D eigenvalue weighted by molar-refractivity contribution is -0.117. The van der Waals surface area contributed by atoms with Gasteiger partial charge in [-0.05, 0) is 25.1 Å². The van der Waals surface area contributed by atoms with Gasteiger partial charge in [-0.15, -0.1) is 0 Å². The molecule has 3 rings (SSSR count). The molecule has 2 heterocycles. The van der Waals surface area contributed by atoms with E-state index in [4.69, 9.17) is 9.15 Å². The molecule has 0 radical (unpaired) electrons. The maximum absolute atomic E-state index is 12.0. The zero-order chi connectivity index (χ0) is 17.7. The fourth-order valence-electron chi connectivity index (χ4n) is 2.88. The SMILES string of the molecule is CC(O)(CNC(=O)C=Cc1cc2ccccc2o1)CN1CCOCC1. The van der Waals surface area contributed by atoms with Crippen LogP contribution in [0.25, 0.3) is 17.0 Å². The Labute approximate surface area is 147 Å². The fourth-order valence-corrected chi connectivity index (χ4v) is 2.88. The van der Waals surface area contributed by atoms with Crippen LogP contribution in [-0.4, -0.2) is 60.9 Å². The smallest absolute Gasteiger partial charge is 0.244 e. The molecule has 134 valence electrons. The van der Waals surface area contributed by atoms with Crippen LogP contribution in [0.15, 0.2) is 40.8 Å². The minimum atomic E-state index is -0.986. The maximum Gasteiger partial charge on any atom is 0.244 e. The molecule has 1 atom stereocenters. The van der Waals surface area contributed by atoms with E-state index in [9.17, 15) is 9.90 Å². The Balaban J connectivity index is 1.49. The lowest BCUT2D eigenvalue weighted by atomic mass is 10.1. The van der Waals surface area contributed by atoms with E-state index in [0.717, 1.165) is 24.1 Å². The topological polar surface area (TPSA) is 74.9 Å². The molecule has 1 saturated heterocycles. The number of aliphatic hydroxyl groups is 1. The number of nitrogens with zero attached hydrogens (tertiary/aromatic N) is 1. The summed E-state index contributed by atoms with van der Waals surface area (Å²) in [6, 6.07) is 9.57. The zero-order valence-corrected chi connectivity index (χ0v) is 14.4. The summed E-state index contributed by atoms with van der Waals surface area (Å²) in [5.74, 6) is 0.360. The number of morpholine rings is 1. The summed E-state index contributed by atoms with van der Waals surface area (Å²) < 4.78 is 10.9. The Bertz CT molecular complexity index is 712. The molecule has 6 nitrogen and oxygen atoms in total. The van der Waals surface area contributed by atoms with Crippen molar-refractivity contribution in [2.45, 2.75) is 12.5 Å². The van der Waals surface area contributed by atoms with Crippen molar-refractivity contribution in [3.63, 3.8) is 0 Å². The summed E-state index contributed by atoms with van der Waals surface area (Å²) >= 11 is 0. The number of amides is 1. The third-order valence-electron chi connectivity index (χ3n) is 4.15. The van der Waals surface area contributed by atoms with Gasteiger partial charge >= 0.3 is 0 Å². The number of furan rings is 1. The highest BCUT2D eigenvalue weighted by Crippen LogP contribution is 2.19. The number of hydrogen-bond donors (Lipinski definition) is 2. The molecule has 6 heteroatoms. The third kappa shape index (κ3) is 5.16. The van der Waals surface area contributed by atoms with Crippen LogP contribution in [0.5, 0.6) is 0 Å².